The van der Waals surface area contributed by atoms with Crippen molar-refractivity contribution in [1.29, 1.82) is 0 Å². The molecule has 15 heavy (non-hydrogen) atoms. The lowest BCUT2D eigenvalue weighted by Gasteiger charge is -2.06. The highest BCUT2D eigenvalue weighted by Crippen LogP contribution is 2.18. The Morgan fingerprint density at radius 3 is 2.40 bits per heavy atom. The second-order valence-corrected chi connectivity index (χ2v) is 4.55. The SMILES string of the molecule is CC(C)c1cnn2c(C(C)C)cnc2c1. The van der Waals surface area contributed by atoms with E-state index < -0.39 is 0 Å². The Balaban J connectivity index is 2.57. The lowest BCUT2D eigenvalue weighted by atomic mass is 10.1. The van der Waals surface area contributed by atoms with E-state index in [1.807, 2.05) is 16.9 Å². The first-order valence-corrected chi connectivity index (χ1v) is 5.43. The Hall–Kier alpha value is -1.38. The van der Waals surface area contributed by atoms with Gasteiger partial charge in [0, 0.05) is 0 Å². The van der Waals surface area contributed by atoms with Crippen LogP contribution in [0.2, 0.25) is 0 Å². The molecule has 0 aliphatic carbocycles. The molecule has 80 valence electrons. The second kappa shape index (κ2) is 3.65. The van der Waals surface area contributed by atoms with Gasteiger partial charge in [-0.2, -0.15) is 5.10 Å². The van der Waals surface area contributed by atoms with Crippen LogP contribution in [0.15, 0.2) is 18.5 Å². The molecule has 3 nitrogen and oxygen atoms in total. The Kier molecular flexibility index (Phi) is 2.47. The number of aromatic nitrogens is 3. The van der Waals surface area contributed by atoms with Crippen molar-refractivity contribution in [2.45, 2.75) is 39.5 Å². The van der Waals surface area contributed by atoms with Gasteiger partial charge >= 0.3 is 0 Å². The summed E-state index contributed by atoms with van der Waals surface area (Å²) >= 11 is 0. The highest BCUT2D eigenvalue weighted by molar-refractivity contribution is 5.42. The quantitative estimate of drug-likeness (QED) is 0.751. The molecule has 0 aliphatic heterocycles. The molecule has 2 rings (SSSR count). The van der Waals surface area contributed by atoms with Crippen molar-refractivity contribution < 1.29 is 0 Å². The minimum atomic E-state index is 0.456. The standard InChI is InChI=1S/C12H17N3/c1-8(2)10-5-12-13-7-11(9(3)4)15(12)14-6-10/h5-9H,1-4H3. The van der Waals surface area contributed by atoms with Gasteiger partial charge in [0.2, 0.25) is 0 Å². The number of rotatable bonds is 2. The molecule has 0 N–H and O–H groups in total. The predicted molar refractivity (Wildman–Crippen MR) is 61.2 cm³/mol. The summed E-state index contributed by atoms with van der Waals surface area (Å²) in [5, 5.41) is 4.44. The van der Waals surface area contributed by atoms with Crippen LogP contribution in [-0.4, -0.2) is 14.6 Å². The normalized spacial score (nSPS) is 11.9. The molecule has 0 spiro atoms. The number of nitrogens with zero attached hydrogens (tertiary/aromatic N) is 3. The first-order valence-electron chi connectivity index (χ1n) is 5.43. The van der Waals surface area contributed by atoms with Crippen molar-refractivity contribution in [2.24, 2.45) is 0 Å². The second-order valence-electron chi connectivity index (χ2n) is 4.55. The van der Waals surface area contributed by atoms with Crippen molar-refractivity contribution >= 4 is 5.65 Å². The Morgan fingerprint density at radius 2 is 1.80 bits per heavy atom. The largest absolute Gasteiger partial charge is 0.235 e. The van der Waals surface area contributed by atoms with Crippen molar-refractivity contribution in [3.05, 3.63) is 29.7 Å². The van der Waals surface area contributed by atoms with E-state index in [1.54, 1.807) is 0 Å². The first-order chi connectivity index (χ1) is 7.09. The highest BCUT2D eigenvalue weighted by Gasteiger charge is 2.09. The zero-order valence-electron chi connectivity index (χ0n) is 9.73. The topological polar surface area (TPSA) is 30.2 Å². The third-order valence-electron chi connectivity index (χ3n) is 2.67. The van der Waals surface area contributed by atoms with E-state index in [1.165, 1.54) is 11.3 Å². The van der Waals surface area contributed by atoms with Crippen LogP contribution < -0.4 is 0 Å². The van der Waals surface area contributed by atoms with Crippen molar-refractivity contribution in [1.82, 2.24) is 14.6 Å². The molecule has 0 fully saturated rings. The fourth-order valence-electron chi connectivity index (χ4n) is 1.62. The number of hydrogen-bond acceptors (Lipinski definition) is 2. The van der Waals surface area contributed by atoms with Gasteiger partial charge in [0.05, 0.1) is 18.1 Å². The molecular weight excluding hydrogens is 186 g/mol. The summed E-state index contributed by atoms with van der Waals surface area (Å²) in [6, 6.07) is 2.11. The van der Waals surface area contributed by atoms with Crippen molar-refractivity contribution in [3.8, 4) is 0 Å². The van der Waals surface area contributed by atoms with Gasteiger partial charge in [-0.25, -0.2) is 9.50 Å². The summed E-state index contributed by atoms with van der Waals surface area (Å²) in [7, 11) is 0. The maximum absolute atomic E-state index is 4.44. The molecule has 0 amide bonds. The minimum absolute atomic E-state index is 0.456. The molecule has 0 bridgehead atoms. The van der Waals surface area contributed by atoms with Crippen LogP contribution >= 0.6 is 0 Å². The molecule has 0 radical (unpaired) electrons. The fourth-order valence-corrected chi connectivity index (χ4v) is 1.62. The zero-order chi connectivity index (χ0) is 11.0. The molecule has 0 aliphatic rings. The third-order valence-corrected chi connectivity index (χ3v) is 2.67. The monoisotopic (exact) mass is 203 g/mol. The minimum Gasteiger partial charge on any atom is -0.235 e. The van der Waals surface area contributed by atoms with E-state index in [0.29, 0.717) is 11.8 Å². The Morgan fingerprint density at radius 1 is 1.07 bits per heavy atom. The lowest BCUT2D eigenvalue weighted by molar-refractivity contribution is 0.748. The van der Waals surface area contributed by atoms with Crippen LogP contribution in [0.5, 0.6) is 0 Å². The summed E-state index contributed by atoms with van der Waals surface area (Å²) in [6.07, 6.45) is 3.85. The van der Waals surface area contributed by atoms with Gasteiger partial charge in [-0.15, -0.1) is 0 Å². The summed E-state index contributed by atoms with van der Waals surface area (Å²) < 4.78 is 1.93. The molecule has 2 heterocycles. The summed E-state index contributed by atoms with van der Waals surface area (Å²) in [5.74, 6) is 0.957. The number of fused-ring (bicyclic) bond motifs is 1. The molecule has 3 heteroatoms. The van der Waals surface area contributed by atoms with Crippen LogP contribution in [0.3, 0.4) is 0 Å². The molecule has 0 unspecified atom stereocenters. The maximum atomic E-state index is 4.44. The predicted octanol–water partition coefficient (Wildman–Crippen LogP) is 2.98. The summed E-state index contributed by atoms with van der Waals surface area (Å²) in [6.45, 7) is 8.64. The lowest BCUT2D eigenvalue weighted by Crippen LogP contribution is -2.00. The van der Waals surface area contributed by atoms with Crippen molar-refractivity contribution in [3.63, 3.8) is 0 Å². The Bertz CT molecular complexity index is 469. The Labute approximate surface area is 90.1 Å². The number of hydrogen-bond donors (Lipinski definition) is 0. The average molecular weight is 203 g/mol. The smallest absolute Gasteiger partial charge is 0.154 e. The van der Waals surface area contributed by atoms with Gasteiger partial charge in [-0.1, -0.05) is 27.7 Å². The van der Waals surface area contributed by atoms with E-state index in [0.717, 1.165) is 5.65 Å². The van der Waals surface area contributed by atoms with E-state index in [2.05, 4.69) is 43.8 Å². The fraction of sp³-hybridized carbons (Fsp3) is 0.500. The van der Waals surface area contributed by atoms with Gasteiger partial charge in [0.25, 0.3) is 0 Å². The third kappa shape index (κ3) is 1.74. The van der Waals surface area contributed by atoms with Gasteiger partial charge < -0.3 is 0 Å². The zero-order valence-corrected chi connectivity index (χ0v) is 9.73. The molecular formula is C12H17N3. The summed E-state index contributed by atoms with van der Waals surface area (Å²) in [4.78, 5) is 4.38. The maximum Gasteiger partial charge on any atom is 0.154 e. The van der Waals surface area contributed by atoms with Gasteiger partial charge in [0.1, 0.15) is 0 Å². The van der Waals surface area contributed by atoms with E-state index >= 15 is 0 Å². The first kappa shape index (κ1) is 10.1. The molecule has 0 saturated carbocycles. The number of imidazole rings is 1. The van der Waals surface area contributed by atoms with Gasteiger partial charge in [-0.3, -0.25) is 0 Å². The van der Waals surface area contributed by atoms with Gasteiger partial charge in [-0.05, 0) is 23.5 Å². The molecule has 2 aromatic heterocycles. The highest BCUT2D eigenvalue weighted by atomic mass is 15.3. The van der Waals surface area contributed by atoms with E-state index in [4.69, 9.17) is 0 Å². The molecule has 0 aromatic carbocycles. The van der Waals surface area contributed by atoms with Crippen LogP contribution in [0, 0.1) is 0 Å². The molecule has 0 saturated heterocycles. The van der Waals surface area contributed by atoms with Crippen molar-refractivity contribution in [2.75, 3.05) is 0 Å². The molecule has 0 atom stereocenters. The van der Waals surface area contributed by atoms with E-state index in [9.17, 15) is 0 Å². The van der Waals surface area contributed by atoms with E-state index in [-0.39, 0.29) is 0 Å². The summed E-state index contributed by atoms with van der Waals surface area (Å²) in [5.41, 5.74) is 3.36. The molecule has 2 aromatic rings. The van der Waals surface area contributed by atoms with Crippen LogP contribution in [0.1, 0.15) is 50.8 Å². The van der Waals surface area contributed by atoms with Crippen LogP contribution in [0.4, 0.5) is 0 Å². The van der Waals surface area contributed by atoms with Crippen LogP contribution in [-0.2, 0) is 0 Å². The van der Waals surface area contributed by atoms with Crippen LogP contribution in [0.25, 0.3) is 5.65 Å². The van der Waals surface area contributed by atoms with Gasteiger partial charge in [0.15, 0.2) is 5.65 Å². The average Bonchev–Trinajstić information content (AvgIpc) is 2.59.